The maximum atomic E-state index is 13.0. The Bertz CT molecular complexity index is 930. The van der Waals surface area contributed by atoms with Crippen molar-refractivity contribution in [3.63, 3.8) is 0 Å². The lowest BCUT2D eigenvalue weighted by Gasteiger charge is -2.12. The molecule has 2 aromatic rings. The number of carbonyl (C=O) groups is 2. The maximum Gasteiger partial charge on any atom is 0.293 e. The number of benzene rings is 2. The molecule has 1 aliphatic heterocycles. The number of hydrogen-bond donors (Lipinski definition) is 0. The zero-order valence-corrected chi connectivity index (χ0v) is 17.5. The van der Waals surface area contributed by atoms with Crippen molar-refractivity contribution in [3.05, 3.63) is 61.8 Å². The fraction of sp³-hybridized carbons (Fsp3) is 0.158. The van der Waals surface area contributed by atoms with Gasteiger partial charge in [-0.2, -0.15) is 0 Å². The molecular weight excluding hydrogens is 484 g/mol. The molecule has 0 saturated carbocycles. The molecule has 0 atom stereocenters. The molecule has 2 aromatic carbocycles. The summed E-state index contributed by atoms with van der Waals surface area (Å²) in [7, 11) is 3.09. The highest BCUT2D eigenvalue weighted by Crippen LogP contribution is 2.37. The Kier molecular flexibility index (Phi) is 6.05. The molecule has 0 N–H and O–H groups in total. The second kappa shape index (κ2) is 8.30. The second-order valence-electron chi connectivity index (χ2n) is 5.63. The minimum atomic E-state index is -0.376. The highest BCUT2D eigenvalue weighted by Gasteiger charge is 2.35. The number of hydrogen-bond acceptors (Lipinski definition) is 5. The number of carbonyl (C=O) groups excluding carboxylic acids is 2. The SMILES string of the molecule is COc1cc(/C=C2/SC(=O)N(Cc3ccc(F)cc3)C2=O)cc(I)c1OC. The van der Waals surface area contributed by atoms with Crippen molar-refractivity contribution in [2.45, 2.75) is 6.54 Å². The largest absolute Gasteiger partial charge is 0.493 e. The van der Waals surface area contributed by atoms with E-state index in [9.17, 15) is 14.0 Å². The lowest BCUT2D eigenvalue weighted by atomic mass is 10.1. The molecular formula is C19H15FINO4S. The van der Waals surface area contributed by atoms with Gasteiger partial charge in [-0.1, -0.05) is 12.1 Å². The van der Waals surface area contributed by atoms with Crippen LogP contribution in [-0.2, 0) is 11.3 Å². The third kappa shape index (κ3) is 4.27. The average molecular weight is 499 g/mol. The second-order valence-corrected chi connectivity index (χ2v) is 7.79. The van der Waals surface area contributed by atoms with Crippen molar-refractivity contribution in [1.29, 1.82) is 0 Å². The molecule has 2 amide bonds. The van der Waals surface area contributed by atoms with E-state index in [1.807, 2.05) is 6.07 Å². The van der Waals surface area contributed by atoms with E-state index in [2.05, 4.69) is 22.6 Å². The van der Waals surface area contributed by atoms with E-state index in [1.54, 1.807) is 31.4 Å². The Morgan fingerprint density at radius 2 is 1.85 bits per heavy atom. The topological polar surface area (TPSA) is 55.8 Å². The monoisotopic (exact) mass is 499 g/mol. The van der Waals surface area contributed by atoms with Gasteiger partial charge in [-0.3, -0.25) is 14.5 Å². The fourth-order valence-corrected chi connectivity index (χ4v) is 4.27. The number of imide groups is 1. The first-order valence-corrected chi connectivity index (χ1v) is 9.73. The Morgan fingerprint density at radius 3 is 2.48 bits per heavy atom. The zero-order valence-electron chi connectivity index (χ0n) is 14.5. The average Bonchev–Trinajstić information content (AvgIpc) is 2.90. The van der Waals surface area contributed by atoms with Gasteiger partial charge in [0.2, 0.25) is 0 Å². The summed E-state index contributed by atoms with van der Waals surface area (Å²) in [4.78, 5) is 26.4. The first-order chi connectivity index (χ1) is 12.9. The molecule has 140 valence electrons. The summed E-state index contributed by atoms with van der Waals surface area (Å²) in [6.07, 6.45) is 1.65. The van der Waals surface area contributed by atoms with Crippen LogP contribution in [0.1, 0.15) is 11.1 Å². The van der Waals surface area contributed by atoms with Crippen molar-refractivity contribution < 1.29 is 23.5 Å². The normalized spacial score (nSPS) is 15.6. The number of ether oxygens (including phenoxy) is 2. The third-order valence-corrected chi connectivity index (χ3v) is 5.59. The molecule has 0 radical (unpaired) electrons. The predicted octanol–water partition coefficient (Wildman–Crippen LogP) is 4.68. The lowest BCUT2D eigenvalue weighted by Crippen LogP contribution is -2.27. The summed E-state index contributed by atoms with van der Waals surface area (Å²) in [6.45, 7) is 0.103. The van der Waals surface area contributed by atoms with E-state index < -0.39 is 0 Å². The number of halogens is 2. The highest BCUT2D eigenvalue weighted by molar-refractivity contribution is 14.1. The van der Waals surface area contributed by atoms with Gasteiger partial charge in [-0.15, -0.1) is 0 Å². The van der Waals surface area contributed by atoms with Crippen LogP contribution in [0, 0.1) is 9.39 Å². The molecule has 5 nitrogen and oxygen atoms in total. The van der Waals surface area contributed by atoms with Gasteiger partial charge < -0.3 is 9.47 Å². The summed E-state index contributed by atoms with van der Waals surface area (Å²) in [6, 6.07) is 9.30. The minimum absolute atomic E-state index is 0.103. The van der Waals surface area contributed by atoms with E-state index in [0.717, 1.165) is 25.8 Å². The molecule has 0 unspecified atom stereocenters. The molecule has 0 aromatic heterocycles. The molecule has 3 rings (SSSR count). The molecule has 0 aliphatic carbocycles. The van der Waals surface area contributed by atoms with Crippen LogP contribution in [-0.4, -0.2) is 30.3 Å². The number of rotatable bonds is 5. The number of amides is 2. The molecule has 0 bridgehead atoms. The highest BCUT2D eigenvalue weighted by atomic mass is 127. The van der Waals surface area contributed by atoms with Gasteiger partial charge in [0, 0.05) is 0 Å². The Morgan fingerprint density at radius 1 is 1.15 bits per heavy atom. The maximum absolute atomic E-state index is 13.0. The van der Waals surface area contributed by atoms with Crippen molar-refractivity contribution in [2.75, 3.05) is 14.2 Å². The number of methoxy groups -OCH3 is 2. The first-order valence-electron chi connectivity index (χ1n) is 7.84. The van der Waals surface area contributed by atoms with E-state index in [-0.39, 0.29) is 23.5 Å². The van der Waals surface area contributed by atoms with Crippen LogP contribution in [0.5, 0.6) is 11.5 Å². The van der Waals surface area contributed by atoms with Crippen molar-refractivity contribution >= 4 is 51.6 Å². The van der Waals surface area contributed by atoms with Crippen LogP contribution in [0.15, 0.2) is 41.3 Å². The zero-order chi connectivity index (χ0) is 19.6. The smallest absolute Gasteiger partial charge is 0.293 e. The van der Waals surface area contributed by atoms with Gasteiger partial charge in [0.05, 0.1) is 29.2 Å². The van der Waals surface area contributed by atoms with Gasteiger partial charge in [0.25, 0.3) is 11.1 Å². The van der Waals surface area contributed by atoms with Gasteiger partial charge in [-0.05, 0) is 75.8 Å². The van der Waals surface area contributed by atoms with Crippen LogP contribution >= 0.6 is 34.4 Å². The molecule has 8 heteroatoms. The lowest BCUT2D eigenvalue weighted by molar-refractivity contribution is -0.123. The standard InChI is InChI=1S/C19H15FINO4S/c1-25-15-8-12(7-14(21)17(15)26-2)9-16-18(23)22(19(24)27-16)10-11-3-5-13(20)6-4-11/h3-9H,10H2,1-2H3/b16-9+. The summed E-state index contributed by atoms with van der Waals surface area (Å²) in [5.74, 6) is 0.413. The van der Waals surface area contributed by atoms with Crippen LogP contribution in [0.3, 0.4) is 0 Å². The Hall–Kier alpha value is -2.07. The predicted molar refractivity (Wildman–Crippen MR) is 110 cm³/mol. The van der Waals surface area contributed by atoms with Gasteiger partial charge >= 0.3 is 0 Å². The van der Waals surface area contributed by atoms with Gasteiger partial charge in [0.15, 0.2) is 11.5 Å². The molecule has 27 heavy (non-hydrogen) atoms. The first kappa shape index (κ1) is 19.7. The number of thioether (sulfide) groups is 1. The quantitative estimate of drug-likeness (QED) is 0.442. The number of nitrogens with zero attached hydrogens (tertiary/aromatic N) is 1. The van der Waals surface area contributed by atoms with E-state index in [4.69, 9.17) is 9.47 Å². The molecule has 0 spiro atoms. The Balaban J connectivity index is 1.86. The van der Waals surface area contributed by atoms with E-state index in [1.165, 1.54) is 19.2 Å². The fourth-order valence-electron chi connectivity index (χ4n) is 2.58. The minimum Gasteiger partial charge on any atom is -0.493 e. The summed E-state index contributed by atoms with van der Waals surface area (Å²) in [5, 5.41) is -0.356. The van der Waals surface area contributed by atoms with E-state index in [0.29, 0.717) is 22.0 Å². The van der Waals surface area contributed by atoms with Crippen LogP contribution in [0.4, 0.5) is 9.18 Å². The third-order valence-electron chi connectivity index (χ3n) is 3.88. The summed E-state index contributed by atoms with van der Waals surface area (Å²) >= 11 is 3.00. The van der Waals surface area contributed by atoms with Crippen LogP contribution < -0.4 is 9.47 Å². The molecule has 1 saturated heterocycles. The summed E-state index contributed by atoms with van der Waals surface area (Å²) < 4.78 is 24.5. The van der Waals surface area contributed by atoms with E-state index >= 15 is 0 Å². The van der Waals surface area contributed by atoms with Crippen molar-refractivity contribution in [3.8, 4) is 11.5 Å². The van der Waals surface area contributed by atoms with Crippen molar-refractivity contribution in [1.82, 2.24) is 4.90 Å². The van der Waals surface area contributed by atoms with Gasteiger partial charge in [-0.25, -0.2) is 4.39 Å². The molecule has 1 aliphatic rings. The molecule has 1 fully saturated rings. The summed E-state index contributed by atoms with van der Waals surface area (Å²) in [5.41, 5.74) is 1.41. The molecule has 1 heterocycles. The van der Waals surface area contributed by atoms with Crippen molar-refractivity contribution in [2.24, 2.45) is 0 Å². The van der Waals surface area contributed by atoms with Crippen LogP contribution in [0.2, 0.25) is 0 Å². The Labute approximate surface area is 173 Å². The van der Waals surface area contributed by atoms with Crippen LogP contribution in [0.25, 0.3) is 6.08 Å². The van der Waals surface area contributed by atoms with Gasteiger partial charge in [0.1, 0.15) is 5.82 Å².